The Morgan fingerprint density at radius 1 is 1.71 bits per heavy atom. The number of hydrogen-bond acceptors (Lipinski definition) is 3. The van der Waals surface area contributed by atoms with Crippen LogP contribution in [0.2, 0.25) is 0 Å². The minimum Gasteiger partial charge on any atom is -0.351 e. The van der Waals surface area contributed by atoms with Crippen molar-refractivity contribution in [3.05, 3.63) is 0 Å². The van der Waals surface area contributed by atoms with Crippen LogP contribution in [0.1, 0.15) is 26.7 Å². The lowest BCUT2D eigenvalue weighted by molar-refractivity contribution is -0.123. The summed E-state index contributed by atoms with van der Waals surface area (Å²) in [6, 6.07) is 0.346. The summed E-state index contributed by atoms with van der Waals surface area (Å²) in [7, 11) is 0. The second-order valence-corrected chi connectivity index (χ2v) is 5.04. The van der Waals surface area contributed by atoms with Crippen molar-refractivity contribution in [1.82, 2.24) is 10.6 Å². The highest BCUT2D eigenvalue weighted by atomic mass is 32.2. The molecule has 82 valence electrons. The van der Waals surface area contributed by atoms with Crippen LogP contribution in [0.5, 0.6) is 0 Å². The Hall–Kier alpha value is -0.220. The Bertz CT molecular complexity index is 181. The number of amides is 1. The van der Waals surface area contributed by atoms with E-state index < -0.39 is 0 Å². The molecule has 3 nitrogen and oxygen atoms in total. The molecule has 2 N–H and O–H groups in total. The third kappa shape index (κ3) is 3.88. The van der Waals surface area contributed by atoms with E-state index in [1.54, 1.807) is 0 Å². The molecular formula is C10H20N2OS. The molecule has 0 aromatic heterocycles. The van der Waals surface area contributed by atoms with Gasteiger partial charge in [0.25, 0.3) is 0 Å². The molecule has 1 unspecified atom stereocenters. The first-order valence-electron chi connectivity index (χ1n) is 5.35. The van der Waals surface area contributed by atoms with Gasteiger partial charge < -0.3 is 10.6 Å². The van der Waals surface area contributed by atoms with E-state index in [2.05, 4.69) is 24.5 Å². The first-order valence-corrected chi connectivity index (χ1v) is 6.51. The van der Waals surface area contributed by atoms with E-state index in [1.165, 1.54) is 0 Å². The minimum atomic E-state index is 0.0593. The summed E-state index contributed by atoms with van der Waals surface area (Å²) in [6.07, 6.45) is 2.11. The second-order valence-electron chi connectivity index (χ2n) is 3.72. The number of nitrogens with one attached hydrogen (secondary N) is 2. The Labute approximate surface area is 90.4 Å². The van der Waals surface area contributed by atoms with Crippen LogP contribution in [0.4, 0.5) is 0 Å². The average molecular weight is 216 g/mol. The highest BCUT2D eigenvalue weighted by Gasteiger charge is 2.22. The molecule has 0 bridgehead atoms. The Balaban J connectivity index is 2.18. The highest BCUT2D eigenvalue weighted by molar-refractivity contribution is 7.99. The molecular weight excluding hydrogens is 196 g/mol. The summed E-state index contributed by atoms with van der Waals surface area (Å²) in [5, 5.41) is 6.23. The SMILES string of the molecule is CCSCC(C)NC(=O)[C@H]1CCCN1. The van der Waals surface area contributed by atoms with Gasteiger partial charge in [-0.05, 0) is 32.1 Å². The monoisotopic (exact) mass is 216 g/mol. The first kappa shape index (κ1) is 11.9. The van der Waals surface area contributed by atoms with Gasteiger partial charge in [0, 0.05) is 11.8 Å². The number of carbonyl (C=O) groups excluding carboxylic acids is 1. The molecule has 0 saturated carbocycles. The summed E-state index contributed by atoms with van der Waals surface area (Å²) in [4.78, 5) is 11.6. The van der Waals surface area contributed by atoms with Crippen LogP contribution in [0.3, 0.4) is 0 Å². The molecule has 1 fully saturated rings. The fourth-order valence-electron chi connectivity index (χ4n) is 1.59. The van der Waals surface area contributed by atoms with Gasteiger partial charge in [0.15, 0.2) is 0 Å². The molecule has 0 aromatic rings. The average Bonchev–Trinajstić information content (AvgIpc) is 2.67. The molecule has 1 saturated heterocycles. The van der Waals surface area contributed by atoms with Gasteiger partial charge >= 0.3 is 0 Å². The zero-order valence-electron chi connectivity index (χ0n) is 9.01. The smallest absolute Gasteiger partial charge is 0.237 e. The Kier molecular flexibility index (Phi) is 5.33. The summed E-state index contributed by atoms with van der Waals surface area (Å²) in [5.74, 6) is 2.29. The van der Waals surface area contributed by atoms with Gasteiger partial charge in [-0.3, -0.25) is 4.79 Å². The van der Waals surface area contributed by atoms with Crippen molar-refractivity contribution in [3.63, 3.8) is 0 Å². The van der Waals surface area contributed by atoms with Crippen molar-refractivity contribution in [2.24, 2.45) is 0 Å². The van der Waals surface area contributed by atoms with E-state index in [9.17, 15) is 4.79 Å². The summed E-state index contributed by atoms with van der Waals surface area (Å²) in [5.41, 5.74) is 0. The standard InChI is InChI=1S/C10H20N2OS/c1-3-14-7-8(2)12-10(13)9-5-4-6-11-9/h8-9,11H,3-7H2,1-2H3,(H,12,13)/t8?,9-/m1/s1. The van der Waals surface area contributed by atoms with E-state index in [-0.39, 0.29) is 18.0 Å². The quantitative estimate of drug-likeness (QED) is 0.720. The molecule has 1 aliphatic heterocycles. The van der Waals surface area contributed by atoms with Gasteiger partial charge in [-0.2, -0.15) is 11.8 Å². The molecule has 0 aliphatic carbocycles. The van der Waals surface area contributed by atoms with Crippen molar-refractivity contribution >= 4 is 17.7 Å². The molecule has 1 aliphatic rings. The maximum absolute atomic E-state index is 11.6. The largest absolute Gasteiger partial charge is 0.351 e. The number of hydrogen-bond donors (Lipinski definition) is 2. The highest BCUT2D eigenvalue weighted by Crippen LogP contribution is 2.06. The van der Waals surface area contributed by atoms with Crippen molar-refractivity contribution in [2.45, 2.75) is 38.8 Å². The predicted molar refractivity (Wildman–Crippen MR) is 61.6 cm³/mol. The van der Waals surface area contributed by atoms with Gasteiger partial charge in [0.2, 0.25) is 5.91 Å². The van der Waals surface area contributed by atoms with Crippen LogP contribution in [0.25, 0.3) is 0 Å². The van der Waals surface area contributed by atoms with E-state index in [1.807, 2.05) is 11.8 Å². The molecule has 0 radical (unpaired) electrons. The van der Waals surface area contributed by atoms with Crippen LogP contribution in [-0.2, 0) is 4.79 Å². The maximum Gasteiger partial charge on any atom is 0.237 e. The van der Waals surface area contributed by atoms with E-state index in [0.717, 1.165) is 30.9 Å². The number of rotatable bonds is 5. The van der Waals surface area contributed by atoms with Crippen LogP contribution in [0, 0.1) is 0 Å². The Morgan fingerprint density at radius 3 is 3.07 bits per heavy atom. The molecule has 4 heteroatoms. The van der Waals surface area contributed by atoms with E-state index >= 15 is 0 Å². The molecule has 2 atom stereocenters. The normalized spacial score (nSPS) is 23.4. The van der Waals surface area contributed by atoms with Gasteiger partial charge in [0.05, 0.1) is 6.04 Å². The minimum absolute atomic E-state index is 0.0593. The maximum atomic E-state index is 11.6. The summed E-state index contributed by atoms with van der Waals surface area (Å²) < 4.78 is 0. The van der Waals surface area contributed by atoms with Crippen LogP contribution >= 0.6 is 11.8 Å². The second kappa shape index (κ2) is 6.30. The van der Waals surface area contributed by atoms with Crippen LogP contribution in [-0.4, -0.2) is 36.0 Å². The van der Waals surface area contributed by atoms with Crippen molar-refractivity contribution in [3.8, 4) is 0 Å². The summed E-state index contributed by atoms with van der Waals surface area (Å²) in [6.45, 7) is 5.18. The molecule has 1 rings (SSSR count). The predicted octanol–water partition coefficient (Wildman–Crippen LogP) is 0.996. The van der Waals surface area contributed by atoms with Gasteiger partial charge in [-0.15, -0.1) is 0 Å². The lowest BCUT2D eigenvalue weighted by atomic mass is 10.2. The third-order valence-electron chi connectivity index (χ3n) is 2.34. The zero-order chi connectivity index (χ0) is 10.4. The zero-order valence-corrected chi connectivity index (χ0v) is 9.82. The van der Waals surface area contributed by atoms with E-state index in [0.29, 0.717) is 0 Å². The number of thioether (sulfide) groups is 1. The van der Waals surface area contributed by atoms with Gasteiger partial charge in [-0.25, -0.2) is 0 Å². The molecule has 0 spiro atoms. The molecule has 1 amide bonds. The topological polar surface area (TPSA) is 41.1 Å². The fraction of sp³-hybridized carbons (Fsp3) is 0.900. The number of carbonyl (C=O) groups is 1. The third-order valence-corrected chi connectivity index (χ3v) is 3.48. The van der Waals surface area contributed by atoms with E-state index in [4.69, 9.17) is 0 Å². The fourth-order valence-corrected chi connectivity index (χ4v) is 2.26. The lowest BCUT2D eigenvalue weighted by Gasteiger charge is -2.16. The van der Waals surface area contributed by atoms with Crippen molar-refractivity contribution in [1.29, 1.82) is 0 Å². The molecule has 14 heavy (non-hydrogen) atoms. The van der Waals surface area contributed by atoms with Crippen LogP contribution in [0.15, 0.2) is 0 Å². The Morgan fingerprint density at radius 2 is 2.50 bits per heavy atom. The van der Waals surface area contributed by atoms with Crippen molar-refractivity contribution < 1.29 is 4.79 Å². The van der Waals surface area contributed by atoms with Crippen LogP contribution < -0.4 is 10.6 Å². The van der Waals surface area contributed by atoms with Crippen molar-refractivity contribution in [2.75, 3.05) is 18.1 Å². The first-order chi connectivity index (χ1) is 6.74. The lowest BCUT2D eigenvalue weighted by Crippen LogP contribution is -2.45. The summed E-state index contributed by atoms with van der Waals surface area (Å²) >= 11 is 1.87. The van der Waals surface area contributed by atoms with Gasteiger partial charge in [0.1, 0.15) is 0 Å². The molecule has 1 heterocycles. The van der Waals surface area contributed by atoms with Gasteiger partial charge in [-0.1, -0.05) is 6.92 Å². The molecule has 0 aromatic carbocycles.